The summed E-state index contributed by atoms with van der Waals surface area (Å²) in [4.78, 5) is 4.58. The highest BCUT2D eigenvalue weighted by molar-refractivity contribution is 5.76. The molecule has 0 radical (unpaired) electrons. The fraction of sp³-hybridized carbons (Fsp3) is 0.533. The number of nitrogens with zero attached hydrogens (tertiary/aromatic N) is 2. The fourth-order valence-corrected chi connectivity index (χ4v) is 2.96. The zero-order valence-electron chi connectivity index (χ0n) is 11.4. The summed E-state index contributed by atoms with van der Waals surface area (Å²) in [7, 11) is 2.00. The third kappa shape index (κ3) is 2.32. The normalized spacial score (nSPS) is 23.7. The van der Waals surface area contributed by atoms with Gasteiger partial charge in [0.05, 0.1) is 11.0 Å². The van der Waals surface area contributed by atoms with Crippen LogP contribution in [0, 0.1) is 5.92 Å². The van der Waals surface area contributed by atoms with Crippen LogP contribution in [0.4, 0.5) is 0 Å². The number of benzene rings is 1. The smallest absolute Gasteiger partial charge is 0.297 e. The largest absolute Gasteiger partial charge is 0.461 e. The van der Waals surface area contributed by atoms with E-state index in [2.05, 4.69) is 11.1 Å². The maximum absolute atomic E-state index is 6.15. The van der Waals surface area contributed by atoms with Gasteiger partial charge < -0.3 is 10.5 Å². The van der Waals surface area contributed by atoms with E-state index in [1.165, 1.54) is 19.3 Å². The van der Waals surface area contributed by atoms with E-state index in [1.54, 1.807) is 0 Å². The van der Waals surface area contributed by atoms with Crippen molar-refractivity contribution >= 4 is 11.0 Å². The molecule has 1 heterocycles. The van der Waals surface area contributed by atoms with E-state index < -0.39 is 0 Å². The Morgan fingerprint density at radius 2 is 2.11 bits per heavy atom. The molecule has 1 aromatic carbocycles. The van der Waals surface area contributed by atoms with Crippen molar-refractivity contribution in [2.75, 3.05) is 6.54 Å². The van der Waals surface area contributed by atoms with Crippen molar-refractivity contribution in [3.05, 3.63) is 24.3 Å². The van der Waals surface area contributed by atoms with E-state index in [0.717, 1.165) is 17.5 Å². The Morgan fingerprint density at radius 3 is 2.89 bits per heavy atom. The van der Waals surface area contributed by atoms with Crippen molar-refractivity contribution in [1.29, 1.82) is 0 Å². The molecule has 1 fully saturated rings. The Bertz CT molecular complexity index is 564. The Morgan fingerprint density at radius 1 is 1.32 bits per heavy atom. The van der Waals surface area contributed by atoms with Crippen LogP contribution >= 0.6 is 0 Å². The van der Waals surface area contributed by atoms with E-state index in [-0.39, 0.29) is 6.10 Å². The van der Waals surface area contributed by atoms with Gasteiger partial charge in [0.2, 0.25) is 0 Å². The highest BCUT2D eigenvalue weighted by Crippen LogP contribution is 2.28. The molecule has 0 spiro atoms. The summed E-state index contributed by atoms with van der Waals surface area (Å²) in [6.07, 6.45) is 4.97. The van der Waals surface area contributed by atoms with Gasteiger partial charge in [-0.1, -0.05) is 18.6 Å². The molecule has 1 aromatic heterocycles. The first-order valence-corrected chi connectivity index (χ1v) is 7.08. The first-order chi connectivity index (χ1) is 9.29. The van der Waals surface area contributed by atoms with Crippen molar-refractivity contribution in [3.8, 4) is 6.01 Å². The topological polar surface area (TPSA) is 53.1 Å². The van der Waals surface area contributed by atoms with Gasteiger partial charge in [-0.3, -0.25) is 4.57 Å². The number of aryl methyl sites for hydroxylation is 1. The lowest BCUT2D eigenvalue weighted by Crippen LogP contribution is -2.35. The van der Waals surface area contributed by atoms with E-state index in [0.29, 0.717) is 18.5 Å². The molecule has 0 saturated heterocycles. The lowest BCUT2D eigenvalue weighted by Gasteiger charge is -2.30. The van der Waals surface area contributed by atoms with Crippen molar-refractivity contribution < 1.29 is 4.74 Å². The lowest BCUT2D eigenvalue weighted by atomic mass is 9.86. The highest BCUT2D eigenvalue weighted by atomic mass is 16.5. The average molecular weight is 259 g/mol. The van der Waals surface area contributed by atoms with Crippen molar-refractivity contribution in [2.45, 2.75) is 31.8 Å². The number of aromatic nitrogens is 2. The van der Waals surface area contributed by atoms with Gasteiger partial charge in [0, 0.05) is 13.0 Å². The number of nitrogens with two attached hydrogens (primary N) is 1. The van der Waals surface area contributed by atoms with Gasteiger partial charge in [0.25, 0.3) is 6.01 Å². The lowest BCUT2D eigenvalue weighted by molar-refractivity contribution is 0.0847. The second-order valence-corrected chi connectivity index (χ2v) is 5.38. The van der Waals surface area contributed by atoms with E-state index >= 15 is 0 Å². The zero-order valence-corrected chi connectivity index (χ0v) is 11.4. The maximum Gasteiger partial charge on any atom is 0.297 e. The van der Waals surface area contributed by atoms with Crippen LogP contribution in [-0.4, -0.2) is 22.2 Å². The van der Waals surface area contributed by atoms with Crippen LogP contribution in [0.25, 0.3) is 11.0 Å². The van der Waals surface area contributed by atoms with Crippen molar-refractivity contribution in [1.82, 2.24) is 9.55 Å². The van der Waals surface area contributed by atoms with E-state index in [4.69, 9.17) is 10.5 Å². The maximum atomic E-state index is 6.15. The first kappa shape index (κ1) is 12.5. The standard InChI is InChI=1S/C15H21N3O/c1-18-13-8-4-3-7-12(13)17-15(18)19-14-9-5-2-6-11(14)10-16/h3-4,7-8,11,14H,2,5-6,9-10,16H2,1H3. The van der Waals surface area contributed by atoms with E-state index in [1.807, 2.05) is 29.8 Å². The first-order valence-electron chi connectivity index (χ1n) is 7.08. The SMILES string of the molecule is Cn1c(OC2CCCCC2CN)nc2ccccc21. The molecule has 1 saturated carbocycles. The summed E-state index contributed by atoms with van der Waals surface area (Å²) in [6.45, 7) is 0.703. The molecule has 4 nitrogen and oxygen atoms in total. The second-order valence-electron chi connectivity index (χ2n) is 5.38. The minimum absolute atomic E-state index is 0.217. The molecule has 4 heteroatoms. The Labute approximate surface area is 113 Å². The molecule has 1 aliphatic rings. The van der Waals surface area contributed by atoms with Gasteiger partial charge in [-0.25, -0.2) is 0 Å². The number of imidazole rings is 1. The van der Waals surface area contributed by atoms with Gasteiger partial charge in [0.1, 0.15) is 6.10 Å². The molecule has 0 amide bonds. The minimum Gasteiger partial charge on any atom is -0.461 e. The number of hydrogen-bond donors (Lipinski definition) is 1. The van der Waals surface area contributed by atoms with Gasteiger partial charge in [-0.15, -0.1) is 0 Å². The number of hydrogen-bond acceptors (Lipinski definition) is 3. The molecular formula is C15H21N3O. The molecule has 0 aliphatic heterocycles. The van der Waals surface area contributed by atoms with Crippen LogP contribution < -0.4 is 10.5 Å². The number of rotatable bonds is 3. The van der Waals surface area contributed by atoms with Crippen LogP contribution in [0.15, 0.2) is 24.3 Å². The summed E-state index contributed by atoms with van der Waals surface area (Å²) < 4.78 is 8.17. The number of ether oxygens (including phenoxy) is 1. The monoisotopic (exact) mass is 259 g/mol. The number of para-hydroxylation sites is 2. The fourth-order valence-electron chi connectivity index (χ4n) is 2.96. The van der Waals surface area contributed by atoms with E-state index in [9.17, 15) is 0 Å². The van der Waals surface area contributed by atoms with Crippen molar-refractivity contribution in [3.63, 3.8) is 0 Å². The predicted octanol–water partition coefficient (Wildman–Crippen LogP) is 2.47. The molecule has 0 bridgehead atoms. The van der Waals surface area contributed by atoms with Crippen molar-refractivity contribution in [2.24, 2.45) is 18.7 Å². The Kier molecular flexibility index (Phi) is 3.42. The van der Waals surface area contributed by atoms with Gasteiger partial charge in [-0.2, -0.15) is 4.98 Å². The molecule has 1 aliphatic carbocycles. The minimum atomic E-state index is 0.217. The molecule has 2 aromatic rings. The van der Waals surface area contributed by atoms with Crippen LogP contribution in [0.3, 0.4) is 0 Å². The van der Waals surface area contributed by atoms with Gasteiger partial charge in [-0.05, 0) is 37.9 Å². The van der Waals surface area contributed by atoms with Crippen LogP contribution in [0.2, 0.25) is 0 Å². The molecule has 2 N–H and O–H groups in total. The average Bonchev–Trinajstić information content (AvgIpc) is 2.77. The molecule has 102 valence electrons. The third-order valence-corrected chi connectivity index (χ3v) is 4.14. The highest BCUT2D eigenvalue weighted by Gasteiger charge is 2.27. The third-order valence-electron chi connectivity index (χ3n) is 4.14. The van der Waals surface area contributed by atoms with Gasteiger partial charge >= 0.3 is 0 Å². The van der Waals surface area contributed by atoms with Crippen LogP contribution in [-0.2, 0) is 7.05 Å². The molecule has 19 heavy (non-hydrogen) atoms. The number of fused-ring (bicyclic) bond motifs is 1. The molecule has 2 atom stereocenters. The summed E-state index contributed by atoms with van der Waals surface area (Å²) in [5.41, 5.74) is 7.95. The molecule has 2 unspecified atom stereocenters. The molecule has 3 rings (SSSR count). The van der Waals surface area contributed by atoms with Crippen LogP contribution in [0.5, 0.6) is 6.01 Å². The van der Waals surface area contributed by atoms with Crippen LogP contribution in [0.1, 0.15) is 25.7 Å². The quantitative estimate of drug-likeness (QED) is 0.921. The Hall–Kier alpha value is -1.55. The summed E-state index contributed by atoms with van der Waals surface area (Å²) >= 11 is 0. The zero-order chi connectivity index (χ0) is 13.2. The molecular weight excluding hydrogens is 238 g/mol. The summed E-state index contributed by atoms with van der Waals surface area (Å²) in [5.74, 6) is 0.466. The predicted molar refractivity (Wildman–Crippen MR) is 76.1 cm³/mol. The summed E-state index contributed by atoms with van der Waals surface area (Å²) in [5, 5.41) is 0. The second kappa shape index (κ2) is 5.21. The summed E-state index contributed by atoms with van der Waals surface area (Å²) in [6, 6.07) is 8.82. The Balaban J connectivity index is 1.86. The van der Waals surface area contributed by atoms with Gasteiger partial charge in [0.15, 0.2) is 0 Å².